The van der Waals surface area contributed by atoms with E-state index in [1.165, 1.54) is 0 Å². The predicted molar refractivity (Wildman–Crippen MR) is 74.7 cm³/mol. The molecule has 0 saturated heterocycles. The number of nitrogen functional groups attached to an aromatic ring is 1. The summed E-state index contributed by atoms with van der Waals surface area (Å²) in [4.78, 5) is 12.0. The maximum Gasteiger partial charge on any atom is 0.163 e. The molecule has 2 rings (SSSR count). The summed E-state index contributed by atoms with van der Waals surface area (Å²) in [6.07, 6.45) is 1.25. The fraction of sp³-hybridized carbons (Fsp3) is 0.188. The van der Waals surface area contributed by atoms with E-state index in [9.17, 15) is 4.79 Å². The Balaban J connectivity index is 2.00. The van der Waals surface area contributed by atoms with Gasteiger partial charge in [-0.2, -0.15) is 0 Å². The van der Waals surface area contributed by atoms with Crippen molar-refractivity contribution >= 4 is 11.5 Å². The predicted octanol–water partition coefficient (Wildman–Crippen LogP) is 3.39. The number of benzene rings is 2. The van der Waals surface area contributed by atoms with Crippen LogP contribution in [0.1, 0.15) is 27.9 Å². The Hall–Kier alpha value is -2.09. The number of aryl methyl sites for hydroxylation is 2. The molecule has 0 aliphatic carbocycles. The summed E-state index contributed by atoms with van der Waals surface area (Å²) in [6.45, 7) is 1.99. The number of nitrogens with two attached hydrogens (primary N) is 1. The molecule has 0 radical (unpaired) electrons. The standard InChI is InChI=1S/C16H17NO/c1-12-4-2-6-14(10-12)16(18)9-8-13-5-3-7-15(17)11-13/h2-7,10-11H,8-9,17H2,1H3. The molecule has 0 atom stereocenters. The van der Waals surface area contributed by atoms with Gasteiger partial charge in [-0.1, -0.05) is 35.9 Å². The topological polar surface area (TPSA) is 43.1 Å². The van der Waals surface area contributed by atoms with Gasteiger partial charge in [0.2, 0.25) is 0 Å². The molecule has 0 spiro atoms. The van der Waals surface area contributed by atoms with Crippen molar-refractivity contribution in [3.63, 3.8) is 0 Å². The molecule has 2 heteroatoms. The van der Waals surface area contributed by atoms with Gasteiger partial charge in [-0.25, -0.2) is 0 Å². The fourth-order valence-corrected chi connectivity index (χ4v) is 1.97. The van der Waals surface area contributed by atoms with Gasteiger partial charge < -0.3 is 5.73 Å². The van der Waals surface area contributed by atoms with E-state index < -0.39 is 0 Å². The molecule has 0 aromatic heterocycles. The van der Waals surface area contributed by atoms with Crippen LogP contribution >= 0.6 is 0 Å². The van der Waals surface area contributed by atoms with Gasteiger partial charge >= 0.3 is 0 Å². The number of hydrogen-bond acceptors (Lipinski definition) is 2. The van der Waals surface area contributed by atoms with Crippen molar-refractivity contribution in [1.29, 1.82) is 0 Å². The SMILES string of the molecule is Cc1cccc(C(=O)CCc2cccc(N)c2)c1. The van der Waals surface area contributed by atoms with Crippen molar-refractivity contribution in [1.82, 2.24) is 0 Å². The average Bonchev–Trinajstić information content (AvgIpc) is 2.36. The average molecular weight is 239 g/mol. The minimum absolute atomic E-state index is 0.182. The molecule has 0 amide bonds. The zero-order chi connectivity index (χ0) is 13.0. The lowest BCUT2D eigenvalue weighted by Gasteiger charge is -2.03. The Bertz CT molecular complexity index is 561. The molecule has 2 aromatic carbocycles. The molecule has 0 saturated carbocycles. The van der Waals surface area contributed by atoms with Gasteiger partial charge in [0.05, 0.1) is 0 Å². The van der Waals surface area contributed by atoms with Crippen LogP contribution in [0, 0.1) is 6.92 Å². The van der Waals surface area contributed by atoms with Crippen LogP contribution in [0.3, 0.4) is 0 Å². The van der Waals surface area contributed by atoms with Crippen LogP contribution in [0.2, 0.25) is 0 Å². The molecule has 2 nitrogen and oxygen atoms in total. The molecule has 0 bridgehead atoms. The maximum absolute atomic E-state index is 12.0. The molecule has 0 unspecified atom stereocenters. The van der Waals surface area contributed by atoms with Crippen LogP contribution in [0.4, 0.5) is 5.69 Å². The largest absolute Gasteiger partial charge is 0.399 e. The Labute approximate surface area is 107 Å². The first-order valence-corrected chi connectivity index (χ1v) is 6.09. The third kappa shape index (κ3) is 3.20. The van der Waals surface area contributed by atoms with E-state index in [1.807, 2.05) is 55.5 Å². The molecule has 2 aromatic rings. The highest BCUT2D eigenvalue weighted by Crippen LogP contribution is 2.12. The molecule has 0 aliphatic rings. The summed E-state index contributed by atoms with van der Waals surface area (Å²) in [5.41, 5.74) is 9.47. The minimum Gasteiger partial charge on any atom is -0.399 e. The quantitative estimate of drug-likeness (QED) is 0.656. The van der Waals surface area contributed by atoms with Crippen LogP contribution in [0.5, 0.6) is 0 Å². The van der Waals surface area contributed by atoms with E-state index in [-0.39, 0.29) is 5.78 Å². The number of carbonyl (C=O) groups is 1. The molecule has 0 heterocycles. The second kappa shape index (κ2) is 5.50. The molecule has 0 aliphatic heterocycles. The van der Waals surface area contributed by atoms with Crippen molar-refractivity contribution in [2.45, 2.75) is 19.8 Å². The lowest BCUT2D eigenvalue weighted by molar-refractivity contribution is 0.0983. The van der Waals surface area contributed by atoms with Crippen molar-refractivity contribution in [3.05, 3.63) is 65.2 Å². The van der Waals surface area contributed by atoms with E-state index in [1.54, 1.807) is 0 Å². The van der Waals surface area contributed by atoms with Gasteiger partial charge in [-0.05, 0) is 37.1 Å². The Morgan fingerprint density at radius 3 is 2.61 bits per heavy atom. The van der Waals surface area contributed by atoms with E-state index in [0.717, 1.165) is 28.8 Å². The molecular formula is C16H17NO. The molecule has 0 fully saturated rings. The molecular weight excluding hydrogens is 222 g/mol. The van der Waals surface area contributed by atoms with E-state index in [2.05, 4.69) is 0 Å². The monoisotopic (exact) mass is 239 g/mol. The van der Waals surface area contributed by atoms with Gasteiger partial charge in [0.1, 0.15) is 0 Å². The van der Waals surface area contributed by atoms with Gasteiger partial charge in [0, 0.05) is 17.7 Å². The van der Waals surface area contributed by atoms with E-state index >= 15 is 0 Å². The minimum atomic E-state index is 0.182. The summed E-state index contributed by atoms with van der Waals surface area (Å²) in [5, 5.41) is 0. The van der Waals surface area contributed by atoms with E-state index in [4.69, 9.17) is 5.73 Å². The molecule has 2 N–H and O–H groups in total. The maximum atomic E-state index is 12.0. The highest BCUT2D eigenvalue weighted by Gasteiger charge is 2.06. The van der Waals surface area contributed by atoms with Gasteiger partial charge in [0.15, 0.2) is 5.78 Å². The van der Waals surface area contributed by atoms with E-state index in [0.29, 0.717) is 6.42 Å². The molecule has 92 valence electrons. The van der Waals surface area contributed by atoms with Gasteiger partial charge in [0.25, 0.3) is 0 Å². The summed E-state index contributed by atoms with van der Waals surface area (Å²) in [7, 11) is 0. The highest BCUT2D eigenvalue weighted by molar-refractivity contribution is 5.96. The normalized spacial score (nSPS) is 10.3. The number of anilines is 1. The summed E-state index contributed by atoms with van der Waals surface area (Å²) in [5.74, 6) is 0.182. The van der Waals surface area contributed by atoms with Crippen molar-refractivity contribution in [2.24, 2.45) is 0 Å². The van der Waals surface area contributed by atoms with Crippen LogP contribution in [-0.2, 0) is 6.42 Å². The fourth-order valence-electron chi connectivity index (χ4n) is 1.97. The third-order valence-corrected chi connectivity index (χ3v) is 2.93. The Morgan fingerprint density at radius 2 is 1.89 bits per heavy atom. The van der Waals surface area contributed by atoms with Crippen molar-refractivity contribution < 1.29 is 4.79 Å². The van der Waals surface area contributed by atoms with Crippen molar-refractivity contribution in [2.75, 3.05) is 5.73 Å². The molecule has 18 heavy (non-hydrogen) atoms. The summed E-state index contributed by atoms with van der Waals surface area (Å²) in [6, 6.07) is 15.4. The second-order valence-corrected chi connectivity index (χ2v) is 4.54. The number of carbonyl (C=O) groups excluding carboxylic acids is 1. The first-order valence-electron chi connectivity index (χ1n) is 6.09. The highest BCUT2D eigenvalue weighted by atomic mass is 16.1. The smallest absolute Gasteiger partial charge is 0.163 e. The zero-order valence-corrected chi connectivity index (χ0v) is 10.5. The first-order chi connectivity index (χ1) is 8.65. The number of hydrogen-bond donors (Lipinski definition) is 1. The number of ketones is 1. The van der Waals surface area contributed by atoms with Gasteiger partial charge in [-0.15, -0.1) is 0 Å². The summed E-state index contributed by atoms with van der Waals surface area (Å²) < 4.78 is 0. The zero-order valence-electron chi connectivity index (χ0n) is 10.5. The van der Waals surface area contributed by atoms with Crippen LogP contribution in [0.15, 0.2) is 48.5 Å². The Morgan fingerprint density at radius 1 is 1.11 bits per heavy atom. The van der Waals surface area contributed by atoms with Crippen molar-refractivity contribution in [3.8, 4) is 0 Å². The Kier molecular flexibility index (Phi) is 3.78. The number of Topliss-reactive ketones (excluding diaryl/α,β-unsaturated/α-hetero) is 1. The van der Waals surface area contributed by atoms with Crippen LogP contribution < -0.4 is 5.73 Å². The van der Waals surface area contributed by atoms with Crippen LogP contribution in [-0.4, -0.2) is 5.78 Å². The van der Waals surface area contributed by atoms with Crippen LogP contribution in [0.25, 0.3) is 0 Å². The first kappa shape index (κ1) is 12.4. The number of rotatable bonds is 4. The third-order valence-electron chi connectivity index (χ3n) is 2.93. The lowest BCUT2D eigenvalue weighted by atomic mass is 10.0. The van der Waals surface area contributed by atoms with Gasteiger partial charge in [-0.3, -0.25) is 4.79 Å². The lowest BCUT2D eigenvalue weighted by Crippen LogP contribution is -2.01. The summed E-state index contributed by atoms with van der Waals surface area (Å²) >= 11 is 0. The second-order valence-electron chi connectivity index (χ2n) is 4.54.